The SMILES string of the molecule is O=C1CS(=O)(=O)CC(OC(=O)O)N1. The number of hydrogen-bond acceptors (Lipinski definition) is 5. The van der Waals surface area contributed by atoms with E-state index in [0.717, 1.165) is 0 Å². The van der Waals surface area contributed by atoms with Crippen molar-refractivity contribution in [2.45, 2.75) is 6.23 Å². The fourth-order valence-electron chi connectivity index (χ4n) is 0.937. The highest BCUT2D eigenvalue weighted by molar-refractivity contribution is 7.92. The van der Waals surface area contributed by atoms with Gasteiger partial charge in [-0.3, -0.25) is 4.79 Å². The maximum atomic E-state index is 10.9. The Morgan fingerprint density at radius 1 is 1.62 bits per heavy atom. The minimum atomic E-state index is -3.53. The van der Waals surface area contributed by atoms with Gasteiger partial charge >= 0.3 is 6.16 Å². The molecule has 74 valence electrons. The van der Waals surface area contributed by atoms with Crippen molar-refractivity contribution in [1.29, 1.82) is 0 Å². The summed E-state index contributed by atoms with van der Waals surface area (Å²) in [6.07, 6.45) is -2.91. The number of sulfone groups is 1. The number of hydrogen-bond donors (Lipinski definition) is 2. The Kier molecular flexibility index (Phi) is 2.41. The maximum absolute atomic E-state index is 10.9. The monoisotopic (exact) mass is 209 g/mol. The van der Waals surface area contributed by atoms with E-state index in [1.807, 2.05) is 0 Å². The first kappa shape index (κ1) is 9.78. The van der Waals surface area contributed by atoms with Crippen molar-refractivity contribution >= 4 is 21.9 Å². The fraction of sp³-hybridized carbons (Fsp3) is 0.600. The van der Waals surface area contributed by atoms with E-state index in [9.17, 15) is 18.0 Å². The third-order valence-corrected chi connectivity index (χ3v) is 2.83. The van der Waals surface area contributed by atoms with Crippen LogP contribution < -0.4 is 5.32 Å². The third-order valence-electron chi connectivity index (χ3n) is 1.32. The molecule has 2 N–H and O–H groups in total. The van der Waals surface area contributed by atoms with Crippen LogP contribution in [-0.2, 0) is 19.4 Å². The Bertz CT molecular complexity index is 331. The summed E-state index contributed by atoms with van der Waals surface area (Å²) in [7, 11) is -3.53. The van der Waals surface area contributed by atoms with E-state index in [4.69, 9.17) is 5.11 Å². The normalized spacial score (nSPS) is 26.2. The molecule has 0 aromatic carbocycles. The Hall–Kier alpha value is -1.31. The maximum Gasteiger partial charge on any atom is 0.507 e. The number of amides is 1. The van der Waals surface area contributed by atoms with Gasteiger partial charge in [0.15, 0.2) is 16.1 Å². The van der Waals surface area contributed by atoms with E-state index in [1.54, 1.807) is 0 Å². The Morgan fingerprint density at radius 2 is 2.23 bits per heavy atom. The topological polar surface area (TPSA) is 110 Å². The zero-order valence-electron chi connectivity index (χ0n) is 6.39. The molecule has 1 aliphatic rings. The van der Waals surface area contributed by atoms with E-state index < -0.39 is 39.6 Å². The molecule has 1 aliphatic heterocycles. The number of carbonyl (C=O) groups excluding carboxylic acids is 1. The molecule has 0 spiro atoms. The van der Waals surface area contributed by atoms with Gasteiger partial charge in [0.2, 0.25) is 5.91 Å². The number of nitrogens with one attached hydrogen (secondary N) is 1. The van der Waals surface area contributed by atoms with Crippen LogP contribution in [-0.4, -0.2) is 43.3 Å². The molecule has 13 heavy (non-hydrogen) atoms. The van der Waals surface area contributed by atoms with E-state index in [0.29, 0.717) is 0 Å². The summed E-state index contributed by atoms with van der Waals surface area (Å²) in [4.78, 5) is 20.7. The minimum absolute atomic E-state index is 0.509. The molecule has 1 fully saturated rings. The molecule has 0 aromatic rings. The highest BCUT2D eigenvalue weighted by Crippen LogP contribution is 2.03. The first-order chi connectivity index (χ1) is 5.89. The second-order valence-corrected chi connectivity index (χ2v) is 4.60. The van der Waals surface area contributed by atoms with Gasteiger partial charge < -0.3 is 15.2 Å². The van der Waals surface area contributed by atoms with Crippen LogP contribution in [0.4, 0.5) is 4.79 Å². The van der Waals surface area contributed by atoms with Gasteiger partial charge in [0.1, 0.15) is 11.5 Å². The molecule has 1 unspecified atom stereocenters. The first-order valence-electron chi connectivity index (χ1n) is 3.28. The zero-order chi connectivity index (χ0) is 10.1. The van der Waals surface area contributed by atoms with Crippen molar-refractivity contribution in [3.8, 4) is 0 Å². The van der Waals surface area contributed by atoms with Crippen molar-refractivity contribution in [3.05, 3.63) is 0 Å². The summed E-state index contributed by atoms with van der Waals surface area (Å²) in [6.45, 7) is 0. The van der Waals surface area contributed by atoms with Crippen molar-refractivity contribution < 1.29 is 27.9 Å². The molecule has 8 heteroatoms. The summed E-state index contributed by atoms with van der Waals surface area (Å²) in [6, 6.07) is 0. The van der Waals surface area contributed by atoms with Crippen molar-refractivity contribution in [2.24, 2.45) is 0 Å². The number of carboxylic acid groups (broad SMARTS) is 1. The lowest BCUT2D eigenvalue weighted by molar-refractivity contribution is -0.121. The van der Waals surface area contributed by atoms with Crippen molar-refractivity contribution in [2.75, 3.05) is 11.5 Å². The Labute approximate surface area is 73.6 Å². The van der Waals surface area contributed by atoms with Crippen molar-refractivity contribution in [1.82, 2.24) is 5.32 Å². The average molecular weight is 209 g/mol. The number of ether oxygens (including phenoxy) is 1. The first-order valence-corrected chi connectivity index (χ1v) is 5.10. The van der Waals surface area contributed by atoms with E-state index >= 15 is 0 Å². The van der Waals surface area contributed by atoms with E-state index in [-0.39, 0.29) is 0 Å². The van der Waals surface area contributed by atoms with E-state index in [1.165, 1.54) is 0 Å². The lowest BCUT2D eigenvalue weighted by atomic mass is 10.5. The van der Waals surface area contributed by atoms with Crippen LogP contribution in [0.5, 0.6) is 0 Å². The smallest absolute Gasteiger partial charge is 0.450 e. The minimum Gasteiger partial charge on any atom is -0.450 e. The lowest BCUT2D eigenvalue weighted by Crippen LogP contribution is -2.50. The third kappa shape index (κ3) is 2.90. The van der Waals surface area contributed by atoms with Gasteiger partial charge in [-0.1, -0.05) is 0 Å². The molecule has 1 saturated heterocycles. The van der Waals surface area contributed by atoms with Gasteiger partial charge in [0.25, 0.3) is 0 Å². The molecule has 0 bridgehead atoms. The molecular weight excluding hydrogens is 202 g/mol. The molecule has 1 amide bonds. The van der Waals surface area contributed by atoms with Crippen LogP contribution in [0.2, 0.25) is 0 Å². The van der Waals surface area contributed by atoms with Crippen LogP contribution in [0, 0.1) is 0 Å². The zero-order valence-corrected chi connectivity index (χ0v) is 7.20. The summed E-state index contributed by atoms with van der Waals surface area (Å²) < 4.78 is 25.9. The van der Waals surface area contributed by atoms with Crippen LogP contribution in [0.25, 0.3) is 0 Å². The van der Waals surface area contributed by atoms with E-state index in [2.05, 4.69) is 10.1 Å². The Morgan fingerprint density at radius 3 is 2.69 bits per heavy atom. The molecule has 0 aliphatic carbocycles. The number of carbonyl (C=O) groups is 2. The van der Waals surface area contributed by atoms with Gasteiger partial charge in [-0.2, -0.15) is 0 Å². The molecule has 0 aromatic heterocycles. The molecular formula is C5H7NO6S. The molecule has 1 atom stereocenters. The molecule has 7 nitrogen and oxygen atoms in total. The lowest BCUT2D eigenvalue weighted by Gasteiger charge is -2.21. The second-order valence-electron chi connectivity index (χ2n) is 2.49. The summed E-state index contributed by atoms with van der Waals surface area (Å²) in [5, 5.41) is 10.2. The van der Waals surface area contributed by atoms with Crippen molar-refractivity contribution in [3.63, 3.8) is 0 Å². The highest BCUT2D eigenvalue weighted by Gasteiger charge is 2.31. The average Bonchev–Trinajstić information content (AvgIpc) is 1.78. The molecule has 0 saturated carbocycles. The quantitative estimate of drug-likeness (QED) is 0.511. The van der Waals surface area contributed by atoms with Gasteiger partial charge in [-0.05, 0) is 0 Å². The largest absolute Gasteiger partial charge is 0.507 e. The standard InChI is InChI=1S/C5H7NO6S/c7-3-1-13(10,11)2-4(6-3)12-5(8)9/h4H,1-2H2,(H,6,7)(H,8,9). The number of rotatable bonds is 1. The van der Waals surface area contributed by atoms with Gasteiger partial charge in [-0.15, -0.1) is 0 Å². The summed E-state index contributed by atoms with van der Waals surface area (Å²) >= 11 is 0. The van der Waals surface area contributed by atoms with Gasteiger partial charge in [0.05, 0.1) is 0 Å². The van der Waals surface area contributed by atoms with Crippen LogP contribution >= 0.6 is 0 Å². The Balaban J connectivity index is 2.69. The highest BCUT2D eigenvalue weighted by atomic mass is 32.2. The van der Waals surface area contributed by atoms with Gasteiger partial charge in [0, 0.05) is 0 Å². The summed E-state index contributed by atoms with van der Waals surface area (Å²) in [5.41, 5.74) is 0. The van der Waals surface area contributed by atoms with Crippen LogP contribution in [0.3, 0.4) is 0 Å². The fourth-order valence-corrected chi connectivity index (χ4v) is 2.15. The van der Waals surface area contributed by atoms with Crippen LogP contribution in [0.15, 0.2) is 0 Å². The van der Waals surface area contributed by atoms with Crippen LogP contribution in [0.1, 0.15) is 0 Å². The second kappa shape index (κ2) is 3.21. The predicted octanol–water partition coefficient (Wildman–Crippen LogP) is -1.45. The summed E-state index contributed by atoms with van der Waals surface area (Å²) in [5.74, 6) is -1.88. The molecule has 1 heterocycles. The van der Waals surface area contributed by atoms with Gasteiger partial charge in [-0.25, -0.2) is 13.2 Å². The molecule has 1 rings (SSSR count). The molecule has 0 radical (unpaired) electrons. The predicted molar refractivity (Wildman–Crippen MR) is 39.7 cm³/mol.